The number of likely N-dealkylation sites (N-methyl/N-ethyl adjacent to an activating group) is 1. The molecule has 1 saturated heterocycles. The van der Waals surface area contributed by atoms with E-state index in [4.69, 9.17) is 9.73 Å². The molecule has 1 aliphatic rings. The molecular formula is C18H40IN5O. The number of guanidine groups is 1. The van der Waals surface area contributed by atoms with Crippen molar-refractivity contribution in [3.8, 4) is 0 Å². The Morgan fingerprint density at radius 3 is 2.60 bits per heavy atom. The number of piperidine rings is 1. The third kappa shape index (κ3) is 12.8. The third-order valence-corrected chi connectivity index (χ3v) is 4.59. The molecule has 25 heavy (non-hydrogen) atoms. The molecule has 2 N–H and O–H groups in total. The van der Waals surface area contributed by atoms with Crippen LogP contribution in [-0.4, -0.2) is 88.9 Å². The molecule has 0 unspecified atom stereocenters. The van der Waals surface area contributed by atoms with Gasteiger partial charge in [0, 0.05) is 39.8 Å². The summed E-state index contributed by atoms with van der Waals surface area (Å²) >= 11 is 0. The van der Waals surface area contributed by atoms with Crippen LogP contribution in [0.3, 0.4) is 0 Å². The van der Waals surface area contributed by atoms with Crippen molar-refractivity contribution in [1.29, 1.82) is 0 Å². The van der Waals surface area contributed by atoms with Gasteiger partial charge in [0.05, 0.1) is 6.61 Å². The van der Waals surface area contributed by atoms with E-state index >= 15 is 0 Å². The van der Waals surface area contributed by atoms with Crippen molar-refractivity contribution in [3.05, 3.63) is 0 Å². The molecule has 0 amide bonds. The lowest BCUT2D eigenvalue weighted by molar-refractivity contribution is 0.162. The van der Waals surface area contributed by atoms with Crippen LogP contribution >= 0.6 is 24.0 Å². The van der Waals surface area contributed by atoms with E-state index in [0.29, 0.717) is 0 Å². The molecule has 0 atom stereocenters. The topological polar surface area (TPSA) is 52.1 Å². The van der Waals surface area contributed by atoms with Crippen molar-refractivity contribution < 1.29 is 4.74 Å². The molecule has 0 aromatic rings. The van der Waals surface area contributed by atoms with E-state index in [1.54, 1.807) is 7.11 Å². The molecular weight excluding hydrogens is 429 g/mol. The van der Waals surface area contributed by atoms with Crippen molar-refractivity contribution in [1.82, 2.24) is 20.4 Å². The van der Waals surface area contributed by atoms with E-state index in [1.807, 2.05) is 0 Å². The number of rotatable bonds is 11. The van der Waals surface area contributed by atoms with Crippen molar-refractivity contribution >= 4 is 29.9 Å². The Balaban J connectivity index is 0.00000576. The number of likely N-dealkylation sites (tertiary alicyclic amines) is 1. The maximum absolute atomic E-state index is 5.10. The van der Waals surface area contributed by atoms with Crippen LogP contribution in [0.4, 0.5) is 0 Å². The highest BCUT2D eigenvalue weighted by Crippen LogP contribution is 2.15. The molecule has 6 nitrogen and oxygen atoms in total. The molecule has 150 valence electrons. The second kappa shape index (κ2) is 16.1. The summed E-state index contributed by atoms with van der Waals surface area (Å²) in [6, 6.07) is 0. The van der Waals surface area contributed by atoms with Crippen LogP contribution in [0.1, 0.15) is 33.1 Å². The SMILES string of the molecule is CCNC(=NCCCN1CCC(C)CC1)NCCN(C)CCOC.I. The highest BCUT2D eigenvalue weighted by atomic mass is 127. The molecule has 0 aromatic carbocycles. The van der Waals surface area contributed by atoms with Crippen LogP contribution in [0.5, 0.6) is 0 Å². The average molecular weight is 469 g/mol. The summed E-state index contributed by atoms with van der Waals surface area (Å²) in [7, 11) is 3.86. The van der Waals surface area contributed by atoms with E-state index in [9.17, 15) is 0 Å². The fraction of sp³-hybridized carbons (Fsp3) is 0.944. The number of halogens is 1. The minimum atomic E-state index is 0. The molecule has 0 radical (unpaired) electrons. The largest absolute Gasteiger partial charge is 0.383 e. The van der Waals surface area contributed by atoms with Gasteiger partial charge in [-0.25, -0.2) is 0 Å². The van der Waals surface area contributed by atoms with Crippen LogP contribution < -0.4 is 10.6 Å². The molecule has 0 saturated carbocycles. The molecule has 0 bridgehead atoms. The summed E-state index contributed by atoms with van der Waals surface area (Å²) in [5.41, 5.74) is 0. The van der Waals surface area contributed by atoms with Gasteiger partial charge in [0.15, 0.2) is 5.96 Å². The van der Waals surface area contributed by atoms with Crippen molar-refractivity contribution in [2.24, 2.45) is 10.9 Å². The number of methoxy groups -OCH3 is 1. The van der Waals surface area contributed by atoms with Crippen molar-refractivity contribution in [2.75, 3.05) is 73.1 Å². The van der Waals surface area contributed by atoms with Crippen LogP contribution in [0.2, 0.25) is 0 Å². The number of nitrogens with zero attached hydrogens (tertiary/aromatic N) is 3. The maximum atomic E-state index is 5.10. The van der Waals surface area contributed by atoms with Gasteiger partial charge in [-0.2, -0.15) is 0 Å². The minimum absolute atomic E-state index is 0. The van der Waals surface area contributed by atoms with E-state index in [1.165, 1.54) is 32.5 Å². The fourth-order valence-electron chi connectivity index (χ4n) is 2.84. The first kappa shape index (κ1) is 24.9. The van der Waals surface area contributed by atoms with Gasteiger partial charge >= 0.3 is 0 Å². The second-order valence-corrected chi connectivity index (χ2v) is 6.86. The Labute approximate surface area is 172 Å². The summed E-state index contributed by atoms with van der Waals surface area (Å²) in [5.74, 6) is 1.84. The Hall–Kier alpha value is -0.120. The third-order valence-electron chi connectivity index (χ3n) is 4.59. The lowest BCUT2D eigenvalue weighted by Gasteiger charge is -2.29. The Morgan fingerprint density at radius 1 is 1.24 bits per heavy atom. The predicted octanol–water partition coefficient (Wildman–Crippen LogP) is 1.86. The van der Waals surface area contributed by atoms with Crippen LogP contribution in [0.25, 0.3) is 0 Å². The van der Waals surface area contributed by atoms with Gasteiger partial charge in [-0.15, -0.1) is 24.0 Å². The molecule has 1 heterocycles. The number of hydrogen-bond acceptors (Lipinski definition) is 4. The smallest absolute Gasteiger partial charge is 0.191 e. The van der Waals surface area contributed by atoms with Gasteiger partial charge < -0.3 is 25.2 Å². The monoisotopic (exact) mass is 469 g/mol. The molecule has 1 aliphatic heterocycles. The fourth-order valence-corrected chi connectivity index (χ4v) is 2.84. The minimum Gasteiger partial charge on any atom is -0.383 e. The Morgan fingerprint density at radius 2 is 1.96 bits per heavy atom. The Bertz CT molecular complexity index is 335. The quantitative estimate of drug-likeness (QED) is 0.210. The lowest BCUT2D eigenvalue weighted by Crippen LogP contribution is -2.41. The second-order valence-electron chi connectivity index (χ2n) is 6.86. The molecule has 7 heteroatoms. The standard InChI is InChI=1S/C18H39N5O.HI/c1-5-19-18(21-10-14-22(3)15-16-24-4)20-9-6-11-23-12-7-17(2)8-13-23;/h17H,5-16H2,1-4H3,(H2,19,20,21);1H. The molecule has 1 fully saturated rings. The van der Waals surface area contributed by atoms with Gasteiger partial charge in [-0.1, -0.05) is 6.92 Å². The van der Waals surface area contributed by atoms with E-state index < -0.39 is 0 Å². The summed E-state index contributed by atoms with van der Waals surface area (Å²) in [4.78, 5) is 9.54. The predicted molar refractivity (Wildman–Crippen MR) is 118 cm³/mol. The lowest BCUT2D eigenvalue weighted by atomic mass is 9.99. The van der Waals surface area contributed by atoms with Crippen LogP contribution in [0.15, 0.2) is 4.99 Å². The zero-order valence-corrected chi connectivity index (χ0v) is 19.1. The number of ether oxygens (including phenoxy) is 1. The highest BCUT2D eigenvalue weighted by Gasteiger charge is 2.14. The summed E-state index contributed by atoms with van der Waals surface area (Å²) in [6.45, 7) is 13.6. The van der Waals surface area contributed by atoms with Crippen LogP contribution in [0, 0.1) is 5.92 Å². The first-order valence-corrected chi connectivity index (χ1v) is 9.57. The van der Waals surface area contributed by atoms with Gasteiger partial charge in [0.25, 0.3) is 0 Å². The average Bonchev–Trinajstić information content (AvgIpc) is 2.58. The summed E-state index contributed by atoms with van der Waals surface area (Å²) < 4.78 is 5.10. The summed E-state index contributed by atoms with van der Waals surface area (Å²) in [6.07, 6.45) is 3.84. The zero-order chi connectivity index (χ0) is 17.6. The Kier molecular flexibility index (Phi) is 16.0. The van der Waals surface area contributed by atoms with Crippen LogP contribution in [-0.2, 0) is 4.74 Å². The van der Waals surface area contributed by atoms with E-state index in [2.05, 4.69) is 41.3 Å². The molecule has 0 spiro atoms. The van der Waals surface area contributed by atoms with E-state index in [0.717, 1.165) is 57.6 Å². The normalized spacial score (nSPS) is 16.8. The van der Waals surface area contributed by atoms with Crippen molar-refractivity contribution in [3.63, 3.8) is 0 Å². The van der Waals surface area contributed by atoms with Gasteiger partial charge in [0.2, 0.25) is 0 Å². The maximum Gasteiger partial charge on any atom is 0.191 e. The van der Waals surface area contributed by atoms with E-state index in [-0.39, 0.29) is 24.0 Å². The molecule has 0 aromatic heterocycles. The van der Waals surface area contributed by atoms with Gasteiger partial charge in [0.1, 0.15) is 0 Å². The zero-order valence-electron chi connectivity index (χ0n) is 16.7. The van der Waals surface area contributed by atoms with Crippen molar-refractivity contribution in [2.45, 2.75) is 33.1 Å². The molecule has 1 rings (SSSR count). The number of hydrogen-bond donors (Lipinski definition) is 2. The number of aliphatic imine (C=N–C) groups is 1. The first-order valence-electron chi connectivity index (χ1n) is 9.57. The van der Waals surface area contributed by atoms with Gasteiger partial charge in [-0.05, 0) is 58.8 Å². The van der Waals surface area contributed by atoms with Gasteiger partial charge in [-0.3, -0.25) is 4.99 Å². The summed E-state index contributed by atoms with van der Waals surface area (Å²) in [5, 5.41) is 6.74. The number of nitrogens with one attached hydrogen (secondary N) is 2. The first-order chi connectivity index (χ1) is 11.7. The highest BCUT2D eigenvalue weighted by molar-refractivity contribution is 14.0. The molecule has 0 aliphatic carbocycles.